The largest absolute Gasteiger partial charge is 0.338 e. The first-order chi connectivity index (χ1) is 12.4. The maximum Gasteiger partial charge on any atom is 0.225 e. The molecule has 1 aliphatic rings. The zero-order valence-corrected chi connectivity index (χ0v) is 16.4. The third kappa shape index (κ3) is 4.65. The van der Waals surface area contributed by atoms with Crippen molar-refractivity contribution in [2.45, 2.75) is 38.3 Å². The van der Waals surface area contributed by atoms with Crippen molar-refractivity contribution < 1.29 is 9.18 Å². The van der Waals surface area contributed by atoms with Crippen molar-refractivity contribution in [2.75, 3.05) is 13.6 Å². The predicted octanol–water partition coefficient (Wildman–Crippen LogP) is 4.51. The first-order valence-electron chi connectivity index (χ1n) is 8.96. The molecule has 3 nitrogen and oxygen atoms in total. The van der Waals surface area contributed by atoms with Gasteiger partial charge in [0.1, 0.15) is 5.82 Å². The molecule has 0 bridgehead atoms. The quantitative estimate of drug-likeness (QED) is 0.722. The van der Waals surface area contributed by atoms with Gasteiger partial charge >= 0.3 is 0 Å². The minimum absolute atomic E-state index is 0.0379. The monoisotopic (exact) mass is 372 g/mol. The van der Waals surface area contributed by atoms with Gasteiger partial charge in [0.2, 0.25) is 5.91 Å². The number of rotatable bonds is 5. The molecule has 0 fully saturated rings. The molecule has 1 aliphatic heterocycles. The Kier molecular flexibility index (Phi) is 5.99. The van der Waals surface area contributed by atoms with E-state index in [4.69, 9.17) is 0 Å². The highest BCUT2D eigenvalue weighted by molar-refractivity contribution is 7.97. The van der Waals surface area contributed by atoms with E-state index >= 15 is 0 Å². The van der Waals surface area contributed by atoms with Crippen molar-refractivity contribution in [2.24, 2.45) is 5.92 Å². The fourth-order valence-corrected chi connectivity index (χ4v) is 4.10. The van der Waals surface area contributed by atoms with Crippen LogP contribution in [-0.4, -0.2) is 28.7 Å². The van der Waals surface area contributed by atoms with Gasteiger partial charge in [0.15, 0.2) is 0 Å². The Morgan fingerprint density at radius 3 is 2.62 bits per heavy atom. The van der Waals surface area contributed by atoms with Gasteiger partial charge in [-0.3, -0.25) is 4.79 Å². The van der Waals surface area contributed by atoms with Crippen LogP contribution < -0.4 is 0 Å². The predicted molar refractivity (Wildman–Crippen MR) is 104 cm³/mol. The van der Waals surface area contributed by atoms with Crippen LogP contribution in [0.3, 0.4) is 0 Å². The van der Waals surface area contributed by atoms with E-state index in [0.717, 1.165) is 30.0 Å². The summed E-state index contributed by atoms with van der Waals surface area (Å²) in [5, 5.41) is 0. The van der Waals surface area contributed by atoms with E-state index in [-0.39, 0.29) is 17.6 Å². The summed E-state index contributed by atoms with van der Waals surface area (Å²) in [5.41, 5.74) is 3.65. The number of halogens is 1. The van der Waals surface area contributed by atoms with Gasteiger partial charge in [0.25, 0.3) is 0 Å². The van der Waals surface area contributed by atoms with E-state index in [1.165, 1.54) is 23.3 Å². The molecule has 3 rings (SSSR count). The Morgan fingerprint density at radius 2 is 1.92 bits per heavy atom. The van der Waals surface area contributed by atoms with Gasteiger partial charge in [-0.05, 0) is 66.4 Å². The molecule has 0 radical (unpaired) electrons. The number of nitrogens with zero attached hydrogens (tertiary/aromatic N) is 2. The van der Waals surface area contributed by atoms with E-state index < -0.39 is 0 Å². The molecule has 0 spiro atoms. The van der Waals surface area contributed by atoms with Crippen LogP contribution in [0.15, 0.2) is 47.4 Å². The standard InChI is InChI=1S/C21H25FN2OS/c1-15(2)21(25)24-11-10-17-6-9-20(12-18(17)14-24)26-23(3)13-16-4-7-19(22)8-5-16/h4-9,12,15H,10-11,13-14H2,1-3H3. The molecule has 138 valence electrons. The molecular weight excluding hydrogens is 347 g/mol. The topological polar surface area (TPSA) is 23.6 Å². The first-order valence-corrected chi connectivity index (χ1v) is 9.74. The SMILES string of the molecule is CC(C)C(=O)N1CCc2ccc(SN(C)Cc3ccc(F)cc3)cc2C1. The lowest BCUT2D eigenvalue weighted by Crippen LogP contribution is -2.38. The Labute approximate surface area is 159 Å². The molecule has 1 heterocycles. The van der Waals surface area contributed by atoms with Crippen molar-refractivity contribution in [1.82, 2.24) is 9.21 Å². The van der Waals surface area contributed by atoms with Gasteiger partial charge < -0.3 is 4.90 Å². The van der Waals surface area contributed by atoms with Gasteiger partial charge in [-0.1, -0.05) is 32.0 Å². The molecule has 0 saturated heterocycles. The van der Waals surface area contributed by atoms with Crippen LogP contribution in [-0.2, 0) is 24.3 Å². The zero-order chi connectivity index (χ0) is 18.7. The molecule has 1 amide bonds. The maximum atomic E-state index is 13.0. The number of carbonyl (C=O) groups excluding carboxylic acids is 1. The molecule has 0 aromatic heterocycles. The van der Waals surface area contributed by atoms with E-state index in [0.29, 0.717) is 6.54 Å². The average molecular weight is 373 g/mol. The van der Waals surface area contributed by atoms with Crippen LogP contribution in [0, 0.1) is 11.7 Å². The van der Waals surface area contributed by atoms with Crippen LogP contribution in [0.2, 0.25) is 0 Å². The van der Waals surface area contributed by atoms with Crippen molar-refractivity contribution in [3.8, 4) is 0 Å². The van der Waals surface area contributed by atoms with Crippen molar-refractivity contribution in [3.05, 3.63) is 65.0 Å². The Hall–Kier alpha value is -1.85. The molecule has 5 heteroatoms. The summed E-state index contributed by atoms with van der Waals surface area (Å²) in [6.45, 7) is 6.15. The highest BCUT2D eigenvalue weighted by Crippen LogP contribution is 2.28. The van der Waals surface area contributed by atoms with Crippen LogP contribution in [0.1, 0.15) is 30.5 Å². The second-order valence-electron chi connectivity index (χ2n) is 7.10. The summed E-state index contributed by atoms with van der Waals surface area (Å²) in [5.74, 6) is 0.0531. The van der Waals surface area contributed by atoms with Gasteiger partial charge in [-0.25, -0.2) is 8.70 Å². The number of amides is 1. The minimum Gasteiger partial charge on any atom is -0.338 e. The molecule has 0 unspecified atom stereocenters. The van der Waals surface area contributed by atoms with E-state index in [9.17, 15) is 9.18 Å². The van der Waals surface area contributed by atoms with Crippen molar-refractivity contribution in [1.29, 1.82) is 0 Å². The highest BCUT2D eigenvalue weighted by atomic mass is 32.2. The summed E-state index contributed by atoms with van der Waals surface area (Å²) < 4.78 is 15.2. The fraction of sp³-hybridized carbons (Fsp3) is 0.381. The maximum absolute atomic E-state index is 13.0. The van der Waals surface area contributed by atoms with Gasteiger partial charge in [0, 0.05) is 30.4 Å². The second kappa shape index (κ2) is 8.23. The van der Waals surface area contributed by atoms with E-state index in [1.807, 2.05) is 37.9 Å². The lowest BCUT2D eigenvalue weighted by molar-refractivity contribution is -0.135. The van der Waals surface area contributed by atoms with Gasteiger partial charge in [0.05, 0.1) is 0 Å². The first kappa shape index (κ1) is 18.9. The van der Waals surface area contributed by atoms with Crippen LogP contribution in [0.4, 0.5) is 4.39 Å². The fourth-order valence-electron chi connectivity index (χ4n) is 3.20. The highest BCUT2D eigenvalue weighted by Gasteiger charge is 2.22. The van der Waals surface area contributed by atoms with Crippen molar-refractivity contribution in [3.63, 3.8) is 0 Å². The summed E-state index contributed by atoms with van der Waals surface area (Å²) in [6.07, 6.45) is 0.921. The molecule has 0 saturated carbocycles. The Morgan fingerprint density at radius 1 is 1.19 bits per heavy atom. The van der Waals surface area contributed by atoms with E-state index in [1.54, 1.807) is 11.9 Å². The molecule has 0 N–H and O–H groups in total. The summed E-state index contributed by atoms with van der Waals surface area (Å²) >= 11 is 1.67. The zero-order valence-electron chi connectivity index (χ0n) is 15.5. The minimum atomic E-state index is -0.209. The molecule has 0 aliphatic carbocycles. The average Bonchev–Trinajstić information content (AvgIpc) is 2.62. The Bertz CT molecular complexity index is 776. The smallest absolute Gasteiger partial charge is 0.225 e. The van der Waals surface area contributed by atoms with E-state index in [2.05, 4.69) is 22.5 Å². The van der Waals surface area contributed by atoms with Crippen LogP contribution in [0.25, 0.3) is 0 Å². The summed E-state index contributed by atoms with van der Waals surface area (Å²) in [6, 6.07) is 13.1. The lowest BCUT2D eigenvalue weighted by Gasteiger charge is -2.30. The third-order valence-corrected chi connectivity index (χ3v) is 5.48. The summed E-state index contributed by atoms with van der Waals surface area (Å²) in [4.78, 5) is 15.4. The number of hydrogen-bond acceptors (Lipinski definition) is 3. The van der Waals surface area contributed by atoms with Crippen LogP contribution >= 0.6 is 11.9 Å². The number of benzene rings is 2. The molecule has 26 heavy (non-hydrogen) atoms. The molecular formula is C21H25FN2OS. The molecule has 2 aromatic rings. The summed E-state index contributed by atoms with van der Waals surface area (Å²) in [7, 11) is 2.03. The molecule has 0 atom stereocenters. The number of carbonyl (C=O) groups is 1. The van der Waals surface area contributed by atoms with Crippen molar-refractivity contribution >= 4 is 17.9 Å². The van der Waals surface area contributed by atoms with Gasteiger partial charge in [-0.2, -0.15) is 0 Å². The third-order valence-electron chi connectivity index (χ3n) is 4.58. The number of hydrogen-bond donors (Lipinski definition) is 0. The molecule has 2 aromatic carbocycles. The number of fused-ring (bicyclic) bond motifs is 1. The lowest BCUT2D eigenvalue weighted by atomic mass is 9.99. The van der Waals surface area contributed by atoms with Gasteiger partial charge in [-0.15, -0.1) is 0 Å². The Balaban J connectivity index is 1.65. The van der Waals surface area contributed by atoms with Crippen LogP contribution in [0.5, 0.6) is 0 Å². The normalized spacial score (nSPS) is 14.0. The second-order valence-corrected chi connectivity index (χ2v) is 8.38.